The Hall–Kier alpha value is -3.41. The van der Waals surface area contributed by atoms with E-state index in [0.29, 0.717) is 51.0 Å². The first-order valence-electron chi connectivity index (χ1n) is 11.9. The molecule has 1 heterocycles. The van der Waals surface area contributed by atoms with Crippen LogP contribution in [-0.2, 0) is 4.79 Å². The minimum Gasteiger partial charge on any atom is -0.507 e. The van der Waals surface area contributed by atoms with Gasteiger partial charge in [-0.3, -0.25) is 15.1 Å². The van der Waals surface area contributed by atoms with Gasteiger partial charge in [-0.1, -0.05) is 79.5 Å². The molecule has 0 amide bonds. The Morgan fingerprint density at radius 1 is 1.00 bits per heavy atom. The number of aliphatic hydroxyl groups is 1. The van der Waals surface area contributed by atoms with Crippen molar-refractivity contribution < 1.29 is 14.3 Å². The van der Waals surface area contributed by atoms with Crippen molar-refractivity contribution in [2.45, 2.75) is 32.6 Å². The third-order valence-electron chi connectivity index (χ3n) is 6.83. The van der Waals surface area contributed by atoms with E-state index in [1.165, 1.54) is 12.1 Å². The van der Waals surface area contributed by atoms with Gasteiger partial charge in [-0.25, -0.2) is 4.39 Å². The van der Waals surface area contributed by atoms with Gasteiger partial charge in [-0.05, 0) is 47.7 Å². The molecule has 3 aromatic rings. The molecule has 0 aromatic heterocycles. The normalized spacial score (nSPS) is 20.7. The lowest BCUT2D eigenvalue weighted by Gasteiger charge is -2.45. The van der Waals surface area contributed by atoms with Gasteiger partial charge in [0.15, 0.2) is 5.78 Å². The Morgan fingerprint density at radius 3 is 2.24 bits per heavy atom. The van der Waals surface area contributed by atoms with Crippen LogP contribution in [-0.4, -0.2) is 16.7 Å². The predicted octanol–water partition coefficient (Wildman–Crippen LogP) is 8.33. The molecule has 0 saturated heterocycles. The molecule has 3 aromatic carbocycles. The minimum atomic E-state index is -0.752. The lowest BCUT2D eigenvalue weighted by atomic mass is 9.67. The number of rotatable bonds is 3. The monoisotopic (exact) mass is 534 g/mol. The molecule has 5 rings (SSSR count). The summed E-state index contributed by atoms with van der Waals surface area (Å²) in [4.78, 5) is 15.5. The Kier molecular flexibility index (Phi) is 6.47. The van der Waals surface area contributed by atoms with E-state index in [0.717, 1.165) is 0 Å². The quantitative estimate of drug-likeness (QED) is 0.332. The maximum atomic E-state index is 13.9. The first-order valence-corrected chi connectivity index (χ1v) is 12.7. The lowest BCUT2D eigenvalue weighted by Crippen LogP contribution is -2.45. The van der Waals surface area contributed by atoms with Crippen molar-refractivity contribution in [3.05, 3.63) is 117 Å². The molecule has 0 bridgehead atoms. The summed E-state index contributed by atoms with van der Waals surface area (Å²) in [6.07, 6.45) is 0.818. The van der Waals surface area contributed by atoms with E-state index in [4.69, 9.17) is 23.2 Å². The summed E-state index contributed by atoms with van der Waals surface area (Å²) in [5.41, 5.74) is 2.68. The fourth-order valence-electron chi connectivity index (χ4n) is 5.31. The van der Waals surface area contributed by atoms with Crippen molar-refractivity contribution in [2.75, 3.05) is 4.90 Å². The number of benzene rings is 3. The Bertz CT molecular complexity index is 1460. The van der Waals surface area contributed by atoms with Crippen molar-refractivity contribution in [3.8, 4) is 0 Å². The molecule has 0 radical (unpaired) electrons. The van der Waals surface area contributed by atoms with E-state index in [-0.39, 0.29) is 28.4 Å². The fraction of sp³-hybridized carbons (Fsp3) is 0.200. The molecule has 0 fully saturated rings. The van der Waals surface area contributed by atoms with Crippen LogP contribution < -0.4 is 4.90 Å². The summed E-state index contributed by atoms with van der Waals surface area (Å²) in [5.74, 6) is -1.36. The zero-order valence-electron chi connectivity index (χ0n) is 20.4. The number of ketones is 1. The third kappa shape index (κ3) is 4.70. The van der Waals surface area contributed by atoms with Gasteiger partial charge < -0.3 is 5.11 Å². The highest BCUT2D eigenvalue weighted by Gasteiger charge is 2.46. The van der Waals surface area contributed by atoms with Crippen LogP contribution in [0.2, 0.25) is 10.0 Å². The summed E-state index contributed by atoms with van der Waals surface area (Å²) in [5, 5.41) is 21.8. The SMILES string of the molecule is CC1(C)CC(=O)C2=C(C1)N(c1cc(Cl)cc(Cl)c1)C(=N)/C(=C(/O)c1ccccc1)C2c1ccc(F)cc1. The Balaban J connectivity index is 1.87. The number of halogens is 3. The van der Waals surface area contributed by atoms with E-state index >= 15 is 0 Å². The van der Waals surface area contributed by atoms with Crippen LogP contribution in [0.25, 0.3) is 5.76 Å². The van der Waals surface area contributed by atoms with Gasteiger partial charge in [0.1, 0.15) is 17.4 Å². The van der Waals surface area contributed by atoms with Gasteiger partial charge >= 0.3 is 0 Å². The molecule has 2 N–H and O–H groups in total. The highest BCUT2D eigenvalue weighted by molar-refractivity contribution is 6.35. The summed E-state index contributed by atoms with van der Waals surface area (Å²) in [7, 11) is 0. The summed E-state index contributed by atoms with van der Waals surface area (Å²) in [6.45, 7) is 4.03. The molecule has 0 saturated carbocycles. The number of nitrogens with one attached hydrogen (secondary N) is 1. The molecule has 7 heteroatoms. The third-order valence-corrected chi connectivity index (χ3v) is 7.27. The lowest BCUT2D eigenvalue weighted by molar-refractivity contribution is -0.118. The molecular formula is C30H25Cl2FN2O2. The van der Waals surface area contributed by atoms with Crippen LogP contribution in [0.3, 0.4) is 0 Å². The zero-order chi connectivity index (χ0) is 26.5. The first-order chi connectivity index (χ1) is 17.6. The number of nitrogens with zero attached hydrogens (tertiary/aromatic N) is 1. The second-order valence-electron chi connectivity index (χ2n) is 10.2. The largest absolute Gasteiger partial charge is 0.507 e. The molecular weight excluding hydrogens is 510 g/mol. The standard InChI is InChI=1S/C30H25Cl2FN2O2/c1-30(2)15-23-26(24(36)16-30)25(17-8-10-21(33)11-9-17)27(28(37)18-6-4-3-5-7-18)29(34)35(23)22-13-19(31)12-20(32)14-22/h3-14,25,34,37H,15-16H2,1-2H3/b28-27+,34-29?. The van der Waals surface area contributed by atoms with Crippen LogP contribution in [0.15, 0.2) is 89.6 Å². The second-order valence-corrected chi connectivity index (χ2v) is 11.1. The number of hydrogen-bond donors (Lipinski definition) is 2. The number of anilines is 1. The molecule has 1 aliphatic heterocycles. The van der Waals surface area contributed by atoms with Gasteiger partial charge in [0.05, 0.1) is 5.69 Å². The fourth-order valence-corrected chi connectivity index (χ4v) is 5.82. The molecule has 37 heavy (non-hydrogen) atoms. The van der Waals surface area contributed by atoms with Crippen LogP contribution in [0.4, 0.5) is 10.1 Å². The van der Waals surface area contributed by atoms with E-state index in [1.54, 1.807) is 59.5 Å². The summed E-state index contributed by atoms with van der Waals surface area (Å²) < 4.78 is 13.9. The van der Waals surface area contributed by atoms with E-state index in [1.807, 2.05) is 19.9 Å². The van der Waals surface area contributed by atoms with Crippen molar-refractivity contribution in [1.82, 2.24) is 0 Å². The maximum Gasteiger partial charge on any atom is 0.162 e. The van der Waals surface area contributed by atoms with Crippen molar-refractivity contribution >= 4 is 46.3 Å². The second kappa shape index (κ2) is 9.47. The number of allylic oxidation sites excluding steroid dienone is 2. The number of Topliss-reactive ketones (excluding diaryl/α,β-unsaturated/α-hetero) is 1. The number of carbonyl (C=O) groups excluding carboxylic acids is 1. The van der Waals surface area contributed by atoms with Crippen molar-refractivity contribution in [2.24, 2.45) is 5.41 Å². The smallest absolute Gasteiger partial charge is 0.162 e. The number of amidine groups is 1. The molecule has 4 nitrogen and oxygen atoms in total. The molecule has 1 unspecified atom stereocenters. The number of aliphatic hydroxyl groups excluding tert-OH is 1. The van der Waals surface area contributed by atoms with Crippen LogP contribution in [0.5, 0.6) is 0 Å². The van der Waals surface area contributed by atoms with E-state index in [9.17, 15) is 19.7 Å². The predicted molar refractivity (Wildman–Crippen MR) is 147 cm³/mol. The van der Waals surface area contributed by atoms with Crippen molar-refractivity contribution in [1.29, 1.82) is 5.41 Å². The molecule has 0 spiro atoms. The number of carbonyl (C=O) groups is 1. The zero-order valence-corrected chi connectivity index (χ0v) is 21.9. The highest BCUT2D eigenvalue weighted by atomic mass is 35.5. The molecule has 2 aliphatic rings. The minimum absolute atomic E-state index is 0.00161. The molecule has 188 valence electrons. The van der Waals surface area contributed by atoms with E-state index in [2.05, 4.69) is 0 Å². The maximum absolute atomic E-state index is 13.9. The van der Waals surface area contributed by atoms with Gasteiger partial charge in [0.2, 0.25) is 0 Å². The molecule has 1 aliphatic carbocycles. The van der Waals surface area contributed by atoms with Gasteiger partial charge in [0, 0.05) is 44.8 Å². The van der Waals surface area contributed by atoms with Crippen LogP contribution in [0, 0.1) is 16.6 Å². The number of hydrogen-bond acceptors (Lipinski definition) is 3. The summed E-state index contributed by atoms with van der Waals surface area (Å²) >= 11 is 12.7. The Morgan fingerprint density at radius 2 is 1.62 bits per heavy atom. The molecule has 1 atom stereocenters. The van der Waals surface area contributed by atoms with Gasteiger partial charge in [-0.2, -0.15) is 0 Å². The first kappa shape index (κ1) is 25.2. The topological polar surface area (TPSA) is 64.4 Å². The van der Waals surface area contributed by atoms with Crippen molar-refractivity contribution in [3.63, 3.8) is 0 Å². The van der Waals surface area contributed by atoms with Gasteiger partial charge in [-0.15, -0.1) is 0 Å². The van der Waals surface area contributed by atoms with Crippen LogP contribution >= 0.6 is 23.2 Å². The highest BCUT2D eigenvalue weighted by Crippen LogP contribution is 2.51. The average Bonchev–Trinajstić information content (AvgIpc) is 2.82. The summed E-state index contributed by atoms with van der Waals surface area (Å²) in [6, 6.07) is 19.8. The average molecular weight is 535 g/mol. The van der Waals surface area contributed by atoms with Gasteiger partial charge in [0.25, 0.3) is 0 Å². The van der Waals surface area contributed by atoms with Crippen LogP contribution in [0.1, 0.15) is 43.7 Å². The van der Waals surface area contributed by atoms with E-state index < -0.39 is 11.7 Å². The Labute approximate surface area is 225 Å².